The summed E-state index contributed by atoms with van der Waals surface area (Å²) in [6.07, 6.45) is -4.13. The van der Waals surface area contributed by atoms with Crippen LogP contribution in [0.3, 0.4) is 0 Å². The third kappa shape index (κ3) is 3.62. The lowest BCUT2D eigenvalue weighted by molar-refractivity contribution is -0.289. The van der Waals surface area contributed by atoms with Crippen molar-refractivity contribution >= 4 is 28.6 Å². The van der Waals surface area contributed by atoms with Gasteiger partial charge in [0.2, 0.25) is 0 Å². The van der Waals surface area contributed by atoms with Crippen LogP contribution in [-0.2, 0) is 12.5 Å². The molecule has 0 spiro atoms. The maximum atomic E-state index is 13.2. The molecule has 0 fully saturated rings. The van der Waals surface area contributed by atoms with Gasteiger partial charge in [0.1, 0.15) is 0 Å². The van der Waals surface area contributed by atoms with Gasteiger partial charge < -0.3 is 5.32 Å². The summed E-state index contributed by atoms with van der Waals surface area (Å²) in [7, 11) is 0. The average molecular weight is 343 g/mol. The van der Waals surface area contributed by atoms with Gasteiger partial charge in [-0.3, -0.25) is 0 Å². The molecule has 0 aliphatic carbocycles. The number of alkyl halides is 5. The van der Waals surface area contributed by atoms with Crippen molar-refractivity contribution in [3.63, 3.8) is 0 Å². The van der Waals surface area contributed by atoms with E-state index in [0.29, 0.717) is 4.47 Å². The third-order valence-corrected chi connectivity index (χ3v) is 3.69. The first-order valence-corrected chi connectivity index (χ1v) is 6.79. The number of rotatable bonds is 4. The van der Waals surface area contributed by atoms with E-state index in [0.717, 1.165) is 23.1 Å². The fourth-order valence-electron chi connectivity index (χ4n) is 1.54. The molecule has 2 aromatic rings. The quantitative estimate of drug-likeness (QED) is 0.785. The van der Waals surface area contributed by atoms with Gasteiger partial charge in [-0.15, -0.1) is 11.3 Å². The zero-order chi connectivity index (χ0) is 15.7. The Morgan fingerprint density at radius 1 is 1.19 bits per heavy atom. The Morgan fingerprint density at radius 3 is 2.48 bits per heavy atom. The molecule has 0 atom stereocenters. The number of benzene rings is 1. The molecular weight excluding hydrogens is 335 g/mol. The van der Waals surface area contributed by atoms with Crippen molar-refractivity contribution < 1.29 is 22.0 Å². The highest BCUT2D eigenvalue weighted by Crippen LogP contribution is 2.44. The van der Waals surface area contributed by atoms with Crippen LogP contribution in [0.15, 0.2) is 30.5 Å². The van der Waals surface area contributed by atoms with Gasteiger partial charge in [0.05, 0.1) is 6.54 Å². The SMILES string of the molecule is FC(F)(F)C(F)(F)c1cccc(NCc2cnc(Cl)s2)c1. The Hall–Kier alpha value is -1.41. The molecule has 9 heteroatoms. The number of thiazole rings is 1. The maximum absolute atomic E-state index is 13.2. The highest BCUT2D eigenvalue weighted by Gasteiger charge is 2.58. The molecule has 0 saturated heterocycles. The maximum Gasteiger partial charge on any atom is 0.458 e. The van der Waals surface area contributed by atoms with Gasteiger partial charge in [-0.25, -0.2) is 4.98 Å². The summed E-state index contributed by atoms with van der Waals surface area (Å²) in [5.74, 6) is -4.89. The molecule has 0 aliphatic rings. The molecule has 0 aliphatic heterocycles. The third-order valence-electron chi connectivity index (χ3n) is 2.57. The standard InChI is InChI=1S/C12H8ClF5N2S/c13-10-20-6-9(21-10)5-19-8-3-1-2-7(4-8)11(14,15)12(16,17)18/h1-4,6,19H,5H2. The molecular formula is C12H8ClF5N2S. The van der Waals surface area contributed by atoms with Crippen LogP contribution in [0.1, 0.15) is 10.4 Å². The number of hydrogen-bond acceptors (Lipinski definition) is 3. The molecule has 0 bridgehead atoms. The molecule has 0 unspecified atom stereocenters. The van der Waals surface area contributed by atoms with E-state index in [4.69, 9.17) is 11.6 Å². The van der Waals surface area contributed by atoms with Crippen LogP contribution in [0, 0.1) is 0 Å². The van der Waals surface area contributed by atoms with Crippen molar-refractivity contribution in [3.8, 4) is 0 Å². The molecule has 1 N–H and O–H groups in total. The fourth-order valence-corrected chi connectivity index (χ4v) is 2.46. The predicted octanol–water partition coefficient (Wildman–Crippen LogP) is 5.06. The van der Waals surface area contributed by atoms with E-state index in [9.17, 15) is 22.0 Å². The molecule has 1 heterocycles. The minimum atomic E-state index is -5.63. The first-order valence-electron chi connectivity index (χ1n) is 5.59. The molecule has 2 rings (SSSR count). The number of hydrogen-bond donors (Lipinski definition) is 1. The lowest BCUT2D eigenvalue weighted by Gasteiger charge is -2.20. The number of halogens is 6. The van der Waals surface area contributed by atoms with E-state index in [1.807, 2.05) is 0 Å². The zero-order valence-electron chi connectivity index (χ0n) is 10.2. The van der Waals surface area contributed by atoms with E-state index in [1.165, 1.54) is 23.6 Å². The van der Waals surface area contributed by atoms with Crippen molar-refractivity contribution in [2.75, 3.05) is 5.32 Å². The van der Waals surface area contributed by atoms with Gasteiger partial charge in [-0.1, -0.05) is 23.7 Å². The summed E-state index contributed by atoms with van der Waals surface area (Å²) in [5.41, 5.74) is -0.955. The smallest absolute Gasteiger partial charge is 0.380 e. The van der Waals surface area contributed by atoms with Gasteiger partial charge in [-0.05, 0) is 12.1 Å². The van der Waals surface area contributed by atoms with Crippen LogP contribution in [-0.4, -0.2) is 11.2 Å². The summed E-state index contributed by atoms with van der Waals surface area (Å²) < 4.78 is 63.7. The van der Waals surface area contributed by atoms with Crippen molar-refractivity contribution in [1.29, 1.82) is 0 Å². The van der Waals surface area contributed by atoms with Crippen LogP contribution < -0.4 is 5.32 Å². The summed E-state index contributed by atoms with van der Waals surface area (Å²) in [6.45, 7) is 0.228. The summed E-state index contributed by atoms with van der Waals surface area (Å²) in [5, 5.41) is 2.75. The number of aromatic nitrogens is 1. The second kappa shape index (κ2) is 5.76. The number of nitrogens with one attached hydrogen (secondary N) is 1. The molecule has 0 saturated carbocycles. The van der Waals surface area contributed by atoms with Crippen LogP contribution >= 0.6 is 22.9 Å². The van der Waals surface area contributed by atoms with Crippen molar-refractivity contribution in [1.82, 2.24) is 4.98 Å². The molecule has 21 heavy (non-hydrogen) atoms. The monoisotopic (exact) mass is 342 g/mol. The minimum Gasteiger partial charge on any atom is -0.380 e. The Balaban J connectivity index is 2.14. The second-order valence-electron chi connectivity index (χ2n) is 4.09. The number of nitrogens with zero attached hydrogens (tertiary/aromatic N) is 1. The molecule has 114 valence electrons. The highest BCUT2D eigenvalue weighted by atomic mass is 35.5. The lowest BCUT2D eigenvalue weighted by atomic mass is 10.1. The van der Waals surface area contributed by atoms with Gasteiger partial charge in [0, 0.05) is 22.3 Å². The van der Waals surface area contributed by atoms with Crippen LogP contribution in [0.2, 0.25) is 4.47 Å². The zero-order valence-corrected chi connectivity index (χ0v) is 11.8. The Labute approximate surface area is 125 Å². The van der Waals surface area contributed by atoms with Gasteiger partial charge in [0.15, 0.2) is 4.47 Å². The minimum absolute atomic E-state index is 0.154. The largest absolute Gasteiger partial charge is 0.458 e. The number of anilines is 1. The normalized spacial score (nSPS) is 12.5. The van der Waals surface area contributed by atoms with Crippen molar-refractivity contribution in [2.24, 2.45) is 0 Å². The Morgan fingerprint density at radius 2 is 1.90 bits per heavy atom. The lowest BCUT2D eigenvalue weighted by Crippen LogP contribution is -2.33. The topological polar surface area (TPSA) is 24.9 Å². The Kier molecular flexibility index (Phi) is 4.38. The fraction of sp³-hybridized carbons (Fsp3) is 0.250. The Bertz CT molecular complexity index is 626. The first kappa shape index (κ1) is 16.0. The summed E-state index contributed by atoms with van der Waals surface area (Å²) in [6, 6.07) is 4.05. The van der Waals surface area contributed by atoms with Gasteiger partial charge in [-0.2, -0.15) is 22.0 Å². The summed E-state index contributed by atoms with van der Waals surface area (Å²) >= 11 is 6.82. The van der Waals surface area contributed by atoms with Crippen LogP contribution in [0.25, 0.3) is 0 Å². The molecule has 1 aromatic heterocycles. The van der Waals surface area contributed by atoms with Crippen molar-refractivity contribution in [2.45, 2.75) is 18.6 Å². The average Bonchev–Trinajstić information content (AvgIpc) is 2.81. The predicted molar refractivity (Wildman–Crippen MR) is 70.8 cm³/mol. The summed E-state index contributed by atoms with van der Waals surface area (Å²) in [4.78, 5) is 4.52. The molecule has 0 amide bonds. The second-order valence-corrected chi connectivity index (χ2v) is 5.78. The van der Waals surface area contributed by atoms with Crippen molar-refractivity contribution in [3.05, 3.63) is 45.4 Å². The van der Waals surface area contributed by atoms with E-state index >= 15 is 0 Å². The first-order chi connectivity index (χ1) is 9.70. The molecule has 2 nitrogen and oxygen atoms in total. The van der Waals surface area contributed by atoms with E-state index < -0.39 is 17.7 Å². The van der Waals surface area contributed by atoms with E-state index in [2.05, 4.69) is 10.3 Å². The van der Waals surface area contributed by atoms with E-state index in [1.54, 1.807) is 0 Å². The highest BCUT2D eigenvalue weighted by molar-refractivity contribution is 7.15. The van der Waals surface area contributed by atoms with Gasteiger partial charge in [0.25, 0.3) is 0 Å². The van der Waals surface area contributed by atoms with Crippen LogP contribution in [0.5, 0.6) is 0 Å². The molecule has 1 aromatic carbocycles. The van der Waals surface area contributed by atoms with E-state index in [-0.39, 0.29) is 12.2 Å². The molecule has 0 radical (unpaired) electrons. The van der Waals surface area contributed by atoms with Crippen LogP contribution in [0.4, 0.5) is 27.6 Å². The van der Waals surface area contributed by atoms with Gasteiger partial charge >= 0.3 is 12.1 Å².